The summed E-state index contributed by atoms with van der Waals surface area (Å²) in [4.78, 5) is 0. The molecule has 1 aromatic rings. The second-order valence-corrected chi connectivity index (χ2v) is 3.03. The van der Waals surface area contributed by atoms with Crippen molar-refractivity contribution >= 4 is 7.85 Å². The van der Waals surface area contributed by atoms with E-state index in [1.165, 1.54) is 30.3 Å². The molecule has 0 aliphatic rings. The third-order valence-electron chi connectivity index (χ3n) is 2.06. The smallest absolute Gasteiger partial charge is 0.0807 e. The lowest BCUT2D eigenvalue weighted by Crippen LogP contribution is -1.88. The third-order valence-corrected chi connectivity index (χ3v) is 2.06. The quantitative estimate of drug-likeness (QED) is 0.572. The molecule has 0 saturated heterocycles. The van der Waals surface area contributed by atoms with Crippen molar-refractivity contribution in [3.63, 3.8) is 0 Å². The molecule has 0 fully saturated rings. The Morgan fingerprint density at radius 3 is 2.64 bits per heavy atom. The average Bonchev–Trinajstić information content (AvgIpc) is 2.03. The molecule has 1 rings (SSSR count). The SMILES string of the molecule is BCCCc1ccccc1C. The third kappa shape index (κ3) is 2.41. The first-order chi connectivity index (χ1) is 5.34. The van der Waals surface area contributed by atoms with Gasteiger partial charge in [0, 0.05) is 0 Å². The van der Waals surface area contributed by atoms with Gasteiger partial charge in [-0.15, -0.1) is 0 Å². The van der Waals surface area contributed by atoms with E-state index < -0.39 is 0 Å². The Bertz CT molecular complexity index is 218. The Morgan fingerprint density at radius 1 is 1.27 bits per heavy atom. The fourth-order valence-corrected chi connectivity index (χ4v) is 1.26. The van der Waals surface area contributed by atoms with Gasteiger partial charge in [0.2, 0.25) is 0 Å². The number of benzene rings is 1. The maximum absolute atomic E-state index is 2.23. The van der Waals surface area contributed by atoms with Crippen LogP contribution in [0.5, 0.6) is 0 Å². The second-order valence-electron chi connectivity index (χ2n) is 3.03. The van der Waals surface area contributed by atoms with E-state index in [2.05, 4.69) is 39.0 Å². The van der Waals surface area contributed by atoms with Crippen molar-refractivity contribution in [3.05, 3.63) is 35.4 Å². The van der Waals surface area contributed by atoms with Crippen molar-refractivity contribution in [3.8, 4) is 0 Å². The molecular formula is C10H15B. The Kier molecular flexibility index (Phi) is 3.22. The molecule has 0 aromatic heterocycles. The first-order valence-electron chi connectivity index (χ1n) is 4.39. The van der Waals surface area contributed by atoms with E-state index in [-0.39, 0.29) is 0 Å². The van der Waals surface area contributed by atoms with Crippen molar-refractivity contribution in [2.75, 3.05) is 0 Å². The van der Waals surface area contributed by atoms with Gasteiger partial charge in [0.25, 0.3) is 0 Å². The van der Waals surface area contributed by atoms with Crippen LogP contribution in [0.15, 0.2) is 24.3 Å². The molecule has 0 spiro atoms. The van der Waals surface area contributed by atoms with Gasteiger partial charge in [-0.05, 0) is 24.5 Å². The minimum atomic E-state index is 1.24. The van der Waals surface area contributed by atoms with Crippen LogP contribution in [0, 0.1) is 6.92 Å². The molecule has 0 atom stereocenters. The Labute approximate surface area is 70.0 Å². The molecule has 0 aliphatic heterocycles. The summed E-state index contributed by atoms with van der Waals surface area (Å²) in [5, 5.41) is 0. The van der Waals surface area contributed by atoms with E-state index in [9.17, 15) is 0 Å². The highest BCUT2D eigenvalue weighted by Crippen LogP contribution is 2.09. The summed E-state index contributed by atoms with van der Waals surface area (Å²) in [6.07, 6.45) is 3.84. The van der Waals surface area contributed by atoms with Crippen LogP contribution in [0.1, 0.15) is 17.5 Å². The van der Waals surface area contributed by atoms with Gasteiger partial charge in [0.15, 0.2) is 0 Å². The van der Waals surface area contributed by atoms with Crippen molar-refractivity contribution in [1.82, 2.24) is 0 Å². The van der Waals surface area contributed by atoms with Gasteiger partial charge in [0.05, 0.1) is 0 Å². The van der Waals surface area contributed by atoms with Gasteiger partial charge in [-0.1, -0.05) is 37.0 Å². The molecule has 0 N–H and O–H groups in total. The Morgan fingerprint density at radius 2 is 2.00 bits per heavy atom. The monoisotopic (exact) mass is 146 g/mol. The van der Waals surface area contributed by atoms with Gasteiger partial charge in [-0.25, -0.2) is 0 Å². The van der Waals surface area contributed by atoms with Gasteiger partial charge in [-0.2, -0.15) is 0 Å². The number of hydrogen-bond donors (Lipinski definition) is 0. The summed E-state index contributed by atoms with van der Waals surface area (Å²) in [5.74, 6) is 0. The van der Waals surface area contributed by atoms with E-state index in [1.54, 1.807) is 0 Å². The molecule has 1 heteroatoms. The highest BCUT2D eigenvalue weighted by atomic mass is 14.0. The summed E-state index contributed by atoms with van der Waals surface area (Å²) < 4.78 is 0. The highest BCUT2D eigenvalue weighted by molar-refractivity contribution is 6.08. The molecule has 0 amide bonds. The van der Waals surface area contributed by atoms with Crippen molar-refractivity contribution < 1.29 is 0 Å². The highest BCUT2D eigenvalue weighted by Gasteiger charge is 1.94. The van der Waals surface area contributed by atoms with E-state index in [0.717, 1.165) is 0 Å². The molecular weight excluding hydrogens is 131 g/mol. The maximum atomic E-state index is 2.23. The first kappa shape index (κ1) is 8.38. The van der Waals surface area contributed by atoms with E-state index in [4.69, 9.17) is 0 Å². The van der Waals surface area contributed by atoms with Crippen molar-refractivity contribution in [2.24, 2.45) is 0 Å². The standard InChI is InChI=1S/C10H15B/c1-9-5-2-3-6-10(9)7-4-8-11/h2-3,5-6H,4,7-8,11H2,1H3. The zero-order valence-corrected chi connectivity index (χ0v) is 7.43. The van der Waals surface area contributed by atoms with Crippen LogP contribution in [0.25, 0.3) is 0 Å². The van der Waals surface area contributed by atoms with Gasteiger partial charge in [0.1, 0.15) is 7.85 Å². The lowest BCUT2D eigenvalue weighted by atomic mass is 9.96. The fraction of sp³-hybridized carbons (Fsp3) is 0.400. The van der Waals surface area contributed by atoms with Crippen LogP contribution >= 0.6 is 0 Å². The summed E-state index contributed by atoms with van der Waals surface area (Å²) in [6.45, 7) is 2.19. The van der Waals surface area contributed by atoms with Crippen LogP contribution in [0.3, 0.4) is 0 Å². The van der Waals surface area contributed by atoms with Crippen LogP contribution in [0.4, 0.5) is 0 Å². The molecule has 0 aliphatic carbocycles. The summed E-state index contributed by atoms with van der Waals surface area (Å²) >= 11 is 0. The zero-order valence-electron chi connectivity index (χ0n) is 7.43. The van der Waals surface area contributed by atoms with E-state index in [1.807, 2.05) is 0 Å². The summed E-state index contributed by atoms with van der Waals surface area (Å²) in [7, 11) is 2.23. The molecule has 0 nitrogen and oxygen atoms in total. The van der Waals surface area contributed by atoms with E-state index in [0.29, 0.717) is 0 Å². The first-order valence-corrected chi connectivity index (χ1v) is 4.39. The molecule has 0 bridgehead atoms. The lowest BCUT2D eigenvalue weighted by Gasteiger charge is -2.02. The number of rotatable bonds is 3. The van der Waals surface area contributed by atoms with Gasteiger partial charge >= 0.3 is 0 Å². The van der Waals surface area contributed by atoms with Crippen molar-refractivity contribution in [1.29, 1.82) is 0 Å². The number of hydrogen-bond acceptors (Lipinski definition) is 0. The maximum Gasteiger partial charge on any atom is 0.101 e. The second kappa shape index (κ2) is 4.22. The predicted octanol–water partition coefficient (Wildman–Crippen LogP) is 1.98. The normalized spacial score (nSPS) is 9.91. The molecule has 58 valence electrons. The number of aryl methyl sites for hydroxylation is 2. The molecule has 1 aromatic carbocycles. The lowest BCUT2D eigenvalue weighted by molar-refractivity contribution is 0.910. The van der Waals surface area contributed by atoms with Crippen LogP contribution < -0.4 is 0 Å². The van der Waals surface area contributed by atoms with Crippen LogP contribution in [-0.4, -0.2) is 7.85 Å². The molecule has 0 heterocycles. The average molecular weight is 146 g/mol. The minimum absolute atomic E-state index is 1.24. The molecule has 0 unspecified atom stereocenters. The van der Waals surface area contributed by atoms with Crippen LogP contribution in [0.2, 0.25) is 6.32 Å². The Balaban J connectivity index is 2.62. The van der Waals surface area contributed by atoms with E-state index >= 15 is 0 Å². The molecule has 0 radical (unpaired) electrons. The van der Waals surface area contributed by atoms with Gasteiger partial charge < -0.3 is 0 Å². The summed E-state index contributed by atoms with van der Waals surface area (Å²) in [6, 6.07) is 8.64. The minimum Gasteiger partial charge on any atom is -0.0807 e. The zero-order chi connectivity index (χ0) is 8.10. The fourth-order valence-electron chi connectivity index (χ4n) is 1.26. The van der Waals surface area contributed by atoms with Crippen LogP contribution in [-0.2, 0) is 6.42 Å². The Hall–Kier alpha value is -0.715. The largest absolute Gasteiger partial charge is 0.101 e. The van der Waals surface area contributed by atoms with Crippen molar-refractivity contribution in [2.45, 2.75) is 26.1 Å². The van der Waals surface area contributed by atoms with Gasteiger partial charge in [-0.3, -0.25) is 0 Å². The topological polar surface area (TPSA) is 0 Å². The summed E-state index contributed by atoms with van der Waals surface area (Å²) in [5.41, 5.74) is 2.94. The molecule has 11 heavy (non-hydrogen) atoms. The molecule has 0 saturated carbocycles. The predicted molar refractivity (Wildman–Crippen MR) is 52.9 cm³/mol.